The molecule has 98 valence electrons. The lowest BCUT2D eigenvalue weighted by Gasteiger charge is -2.18. The molecule has 2 radical (unpaired) electrons. The van der Waals surface area contributed by atoms with Crippen molar-refractivity contribution in [2.24, 2.45) is 0 Å². The van der Waals surface area contributed by atoms with Crippen LogP contribution in [0.2, 0.25) is 0 Å². The van der Waals surface area contributed by atoms with Gasteiger partial charge in [-0.1, -0.05) is 25.5 Å². The van der Waals surface area contributed by atoms with Crippen molar-refractivity contribution in [1.29, 1.82) is 0 Å². The zero-order valence-corrected chi connectivity index (χ0v) is 11.2. The smallest absolute Gasteiger partial charge is 0.428 e. The average molecular weight is 248 g/mol. The van der Waals surface area contributed by atoms with Gasteiger partial charge < -0.3 is 9.47 Å². The van der Waals surface area contributed by atoms with Crippen molar-refractivity contribution in [3.05, 3.63) is 43.2 Å². The van der Waals surface area contributed by atoms with E-state index in [0.29, 0.717) is 5.75 Å². The van der Waals surface area contributed by atoms with Crippen molar-refractivity contribution in [2.45, 2.75) is 39.2 Å². The maximum atomic E-state index is 11.4. The third-order valence-corrected chi connectivity index (χ3v) is 2.05. The third-order valence-electron chi connectivity index (χ3n) is 2.05. The summed E-state index contributed by atoms with van der Waals surface area (Å²) < 4.78 is 10.1. The number of benzene rings is 1. The summed E-state index contributed by atoms with van der Waals surface area (Å²) >= 11 is 0. The molecule has 1 aromatic rings. The second-order valence-corrected chi connectivity index (χ2v) is 4.98. The minimum atomic E-state index is -0.683. The van der Waals surface area contributed by atoms with E-state index in [0.717, 1.165) is 18.4 Å². The summed E-state index contributed by atoms with van der Waals surface area (Å²) in [5.41, 5.74) is 0.550. The molecule has 0 aliphatic carbocycles. The molecule has 18 heavy (non-hydrogen) atoms. The Hall–Kier alpha value is -1.51. The van der Waals surface area contributed by atoms with Gasteiger partial charge in [0.15, 0.2) is 0 Å². The summed E-state index contributed by atoms with van der Waals surface area (Å²) in [6.45, 7) is 9.16. The molecule has 0 N–H and O–H groups in total. The van der Waals surface area contributed by atoms with Crippen LogP contribution in [-0.2, 0) is 4.74 Å². The Morgan fingerprint density at radius 2 is 1.89 bits per heavy atom. The maximum Gasteiger partial charge on any atom is 0.514 e. The molecule has 0 aliphatic rings. The summed E-state index contributed by atoms with van der Waals surface area (Å²) in [4.78, 5) is 11.4. The lowest BCUT2D eigenvalue weighted by Crippen LogP contribution is -2.25. The fourth-order valence-corrected chi connectivity index (χ4v) is 1.31. The lowest BCUT2D eigenvalue weighted by molar-refractivity contribution is 0.0206. The Kier molecular flexibility index (Phi) is 5.20. The molecule has 0 fully saturated rings. The molecule has 3 heteroatoms. The van der Waals surface area contributed by atoms with Crippen molar-refractivity contribution in [3.63, 3.8) is 0 Å². The SMILES string of the molecule is [CH2]CC[CH]c1ccc(OC(=O)OC(C)(C)C)cc1. The van der Waals surface area contributed by atoms with Crippen LogP contribution in [0.15, 0.2) is 24.3 Å². The number of ether oxygens (including phenoxy) is 2. The van der Waals surface area contributed by atoms with Gasteiger partial charge in [-0.3, -0.25) is 0 Å². The first-order valence-electron chi connectivity index (χ1n) is 6.04. The predicted molar refractivity (Wildman–Crippen MR) is 71.3 cm³/mol. The van der Waals surface area contributed by atoms with Crippen LogP contribution in [0.25, 0.3) is 0 Å². The first-order chi connectivity index (χ1) is 8.40. The van der Waals surface area contributed by atoms with Gasteiger partial charge in [0.1, 0.15) is 11.4 Å². The van der Waals surface area contributed by atoms with Crippen LogP contribution in [0.1, 0.15) is 39.2 Å². The number of hydrogen-bond donors (Lipinski definition) is 0. The van der Waals surface area contributed by atoms with Crippen molar-refractivity contribution >= 4 is 6.16 Å². The number of rotatable bonds is 4. The molecule has 0 amide bonds. The largest absolute Gasteiger partial charge is 0.514 e. The molecule has 0 aromatic heterocycles. The molecule has 0 saturated heterocycles. The van der Waals surface area contributed by atoms with Crippen molar-refractivity contribution in [1.82, 2.24) is 0 Å². The van der Waals surface area contributed by atoms with Gasteiger partial charge in [-0.05, 0) is 51.3 Å². The summed E-state index contributed by atoms with van der Waals surface area (Å²) in [5, 5.41) is 0. The second-order valence-electron chi connectivity index (χ2n) is 4.98. The van der Waals surface area contributed by atoms with Crippen LogP contribution in [0.4, 0.5) is 4.79 Å². The van der Waals surface area contributed by atoms with Crippen molar-refractivity contribution in [2.75, 3.05) is 0 Å². The first kappa shape index (κ1) is 14.6. The molecule has 0 unspecified atom stereocenters. The Labute approximate surface area is 109 Å². The standard InChI is InChI=1S/C15H20O3/c1-5-6-7-12-8-10-13(11-9-12)17-14(16)18-15(2,3)4/h7-11H,1,5-6H2,2-4H3. The predicted octanol–water partition coefficient (Wildman–Crippen LogP) is 4.17. The zero-order chi connectivity index (χ0) is 13.6. The van der Waals surface area contributed by atoms with Gasteiger partial charge in [0.2, 0.25) is 0 Å². The number of carbonyl (C=O) groups is 1. The van der Waals surface area contributed by atoms with E-state index in [1.54, 1.807) is 32.9 Å². The fraction of sp³-hybridized carbons (Fsp3) is 0.400. The molecule has 0 heterocycles. The second kappa shape index (κ2) is 6.43. The highest BCUT2D eigenvalue weighted by Gasteiger charge is 2.17. The third kappa shape index (κ3) is 5.71. The van der Waals surface area contributed by atoms with Crippen LogP contribution in [0, 0.1) is 13.3 Å². The van der Waals surface area contributed by atoms with Crippen LogP contribution in [-0.4, -0.2) is 11.8 Å². The molecular formula is C15H20O3. The van der Waals surface area contributed by atoms with Crippen LogP contribution < -0.4 is 4.74 Å². The number of carbonyl (C=O) groups excluding carboxylic acids is 1. The number of hydrogen-bond acceptors (Lipinski definition) is 3. The van der Waals surface area contributed by atoms with Crippen LogP contribution in [0.5, 0.6) is 5.75 Å². The van der Waals surface area contributed by atoms with Crippen LogP contribution >= 0.6 is 0 Å². The monoisotopic (exact) mass is 248 g/mol. The maximum absolute atomic E-state index is 11.4. The van der Waals surface area contributed by atoms with Gasteiger partial charge in [-0.2, -0.15) is 0 Å². The molecule has 1 rings (SSSR count). The molecule has 0 atom stereocenters. The van der Waals surface area contributed by atoms with E-state index < -0.39 is 11.8 Å². The normalized spacial score (nSPS) is 11.1. The van der Waals surface area contributed by atoms with Gasteiger partial charge >= 0.3 is 6.16 Å². The Balaban J connectivity index is 2.50. The quantitative estimate of drug-likeness (QED) is 0.592. The molecule has 0 aliphatic heterocycles. The van der Waals surface area contributed by atoms with E-state index >= 15 is 0 Å². The Morgan fingerprint density at radius 3 is 2.39 bits per heavy atom. The van der Waals surface area contributed by atoms with E-state index in [2.05, 4.69) is 13.3 Å². The molecule has 0 saturated carbocycles. The minimum Gasteiger partial charge on any atom is -0.428 e. The van der Waals surface area contributed by atoms with Gasteiger partial charge in [0.05, 0.1) is 0 Å². The van der Waals surface area contributed by atoms with Gasteiger partial charge in [-0.25, -0.2) is 4.79 Å². The summed E-state index contributed by atoms with van der Waals surface area (Å²) in [5.74, 6) is 0.482. The fourth-order valence-electron chi connectivity index (χ4n) is 1.31. The average Bonchev–Trinajstić information content (AvgIpc) is 2.25. The van der Waals surface area contributed by atoms with Gasteiger partial charge in [0, 0.05) is 0 Å². The topological polar surface area (TPSA) is 35.5 Å². The van der Waals surface area contributed by atoms with E-state index in [9.17, 15) is 4.79 Å². The Bertz CT molecular complexity index is 374. The highest BCUT2D eigenvalue weighted by atomic mass is 16.7. The Morgan fingerprint density at radius 1 is 1.28 bits per heavy atom. The van der Waals surface area contributed by atoms with Crippen LogP contribution in [0.3, 0.4) is 0 Å². The van der Waals surface area contributed by atoms with Crippen molar-refractivity contribution < 1.29 is 14.3 Å². The molecule has 0 bridgehead atoms. The highest BCUT2D eigenvalue weighted by molar-refractivity contribution is 5.64. The summed E-state index contributed by atoms with van der Waals surface area (Å²) in [7, 11) is 0. The highest BCUT2D eigenvalue weighted by Crippen LogP contribution is 2.17. The molecule has 3 nitrogen and oxygen atoms in total. The molecule has 0 spiro atoms. The summed E-state index contributed by atoms with van der Waals surface area (Å²) in [6.07, 6.45) is 3.21. The summed E-state index contributed by atoms with van der Waals surface area (Å²) in [6, 6.07) is 7.29. The lowest BCUT2D eigenvalue weighted by atomic mass is 10.1. The molecular weight excluding hydrogens is 228 g/mol. The van der Waals surface area contributed by atoms with E-state index in [1.807, 2.05) is 12.1 Å². The van der Waals surface area contributed by atoms with Gasteiger partial charge in [-0.15, -0.1) is 0 Å². The van der Waals surface area contributed by atoms with E-state index in [1.165, 1.54) is 0 Å². The number of unbranched alkanes of at least 4 members (excludes halogenated alkanes) is 1. The molecule has 1 aromatic carbocycles. The zero-order valence-electron chi connectivity index (χ0n) is 11.2. The minimum absolute atomic E-state index is 0.482. The van der Waals surface area contributed by atoms with E-state index in [4.69, 9.17) is 9.47 Å². The van der Waals surface area contributed by atoms with E-state index in [-0.39, 0.29) is 0 Å². The van der Waals surface area contributed by atoms with Crippen molar-refractivity contribution in [3.8, 4) is 5.75 Å². The van der Waals surface area contributed by atoms with Gasteiger partial charge in [0.25, 0.3) is 0 Å². The first-order valence-corrected chi connectivity index (χ1v) is 6.04.